The van der Waals surface area contributed by atoms with Crippen molar-refractivity contribution in [1.29, 1.82) is 0 Å². The Hall–Kier alpha value is -2.14. The van der Waals surface area contributed by atoms with Gasteiger partial charge in [-0.2, -0.15) is 0 Å². The Morgan fingerprint density at radius 1 is 1.39 bits per heavy atom. The maximum Gasteiger partial charge on any atom is 0.374 e. The van der Waals surface area contributed by atoms with Crippen molar-refractivity contribution < 1.29 is 19.5 Å². The van der Waals surface area contributed by atoms with Crippen LogP contribution in [-0.4, -0.2) is 27.4 Å². The van der Waals surface area contributed by atoms with E-state index in [4.69, 9.17) is 5.11 Å². The topological polar surface area (TPSA) is 83.6 Å². The van der Waals surface area contributed by atoms with Crippen LogP contribution >= 0.6 is 0 Å². The van der Waals surface area contributed by atoms with E-state index in [1.54, 1.807) is 6.92 Å². The summed E-state index contributed by atoms with van der Waals surface area (Å²) in [4.78, 5) is 10.7. The highest BCUT2D eigenvalue weighted by Crippen LogP contribution is 2.20. The molecule has 0 saturated heterocycles. The SMILES string of the molecule is CC(O)Cc1ccc(-c2cc(C(=O)O)on2)cc1. The molecule has 1 aromatic carbocycles. The molecule has 0 amide bonds. The number of carboxylic acids is 1. The van der Waals surface area contributed by atoms with E-state index < -0.39 is 5.97 Å². The van der Waals surface area contributed by atoms with Crippen molar-refractivity contribution >= 4 is 5.97 Å². The highest BCUT2D eigenvalue weighted by atomic mass is 16.5. The first kappa shape index (κ1) is 12.3. The van der Waals surface area contributed by atoms with Crippen LogP contribution in [0.3, 0.4) is 0 Å². The molecule has 1 atom stereocenters. The number of hydrogen-bond acceptors (Lipinski definition) is 4. The number of benzene rings is 1. The van der Waals surface area contributed by atoms with Crippen molar-refractivity contribution in [2.75, 3.05) is 0 Å². The van der Waals surface area contributed by atoms with Crippen LogP contribution in [0.1, 0.15) is 23.0 Å². The van der Waals surface area contributed by atoms with Gasteiger partial charge in [-0.1, -0.05) is 29.4 Å². The van der Waals surface area contributed by atoms with Gasteiger partial charge in [0.25, 0.3) is 0 Å². The maximum absolute atomic E-state index is 10.7. The number of aliphatic hydroxyl groups is 1. The van der Waals surface area contributed by atoms with Crippen molar-refractivity contribution in [1.82, 2.24) is 5.16 Å². The van der Waals surface area contributed by atoms with Gasteiger partial charge in [0.2, 0.25) is 5.76 Å². The molecule has 0 saturated carbocycles. The molecule has 2 aromatic rings. The van der Waals surface area contributed by atoms with E-state index in [-0.39, 0.29) is 11.9 Å². The molecule has 0 spiro atoms. The minimum atomic E-state index is -1.14. The average Bonchev–Trinajstić information content (AvgIpc) is 2.78. The summed E-state index contributed by atoms with van der Waals surface area (Å²) in [5.41, 5.74) is 2.27. The van der Waals surface area contributed by atoms with Crippen LogP contribution in [0, 0.1) is 0 Å². The molecule has 1 heterocycles. The molecule has 2 N–H and O–H groups in total. The summed E-state index contributed by atoms with van der Waals surface area (Å²) in [5, 5.41) is 21.7. The van der Waals surface area contributed by atoms with Crippen LogP contribution in [0.5, 0.6) is 0 Å². The lowest BCUT2D eigenvalue weighted by molar-refractivity contribution is 0.0652. The molecule has 5 heteroatoms. The van der Waals surface area contributed by atoms with E-state index in [1.165, 1.54) is 6.07 Å². The number of rotatable bonds is 4. The Morgan fingerprint density at radius 3 is 2.56 bits per heavy atom. The zero-order chi connectivity index (χ0) is 13.1. The minimum absolute atomic E-state index is 0.182. The lowest BCUT2D eigenvalue weighted by Crippen LogP contribution is -2.03. The quantitative estimate of drug-likeness (QED) is 0.862. The number of carboxylic acid groups (broad SMARTS) is 1. The molecule has 5 nitrogen and oxygen atoms in total. The van der Waals surface area contributed by atoms with Crippen LogP contribution in [0.2, 0.25) is 0 Å². The van der Waals surface area contributed by atoms with Gasteiger partial charge >= 0.3 is 5.97 Å². The molecule has 0 bridgehead atoms. The van der Waals surface area contributed by atoms with Crippen LogP contribution in [0.25, 0.3) is 11.3 Å². The van der Waals surface area contributed by atoms with Crippen molar-refractivity contribution in [2.45, 2.75) is 19.4 Å². The maximum atomic E-state index is 10.7. The summed E-state index contributed by atoms with van der Waals surface area (Å²) >= 11 is 0. The number of hydrogen-bond donors (Lipinski definition) is 2. The first-order chi connectivity index (χ1) is 8.56. The van der Waals surface area contributed by atoms with Gasteiger partial charge in [-0.25, -0.2) is 4.79 Å². The summed E-state index contributed by atoms with van der Waals surface area (Å²) in [6.07, 6.45) is 0.195. The Balaban J connectivity index is 2.20. The second kappa shape index (κ2) is 5.01. The lowest BCUT2D eigenvalue weighted by atomic mass is 10.0. The van der Waals surface area contributed by atoms with Crippen molar-refractivity contribution in [3.8, 4) is 11.3 Å². The van der Waals surface area contributed by atoms with Crippen molar-refractivity contribution in [3.63, 3.8) is 0 Å². The number of aromatic carboxylic acids is 1. The summed E-state index contributed by atoms with van der Waals surface area (Å²) in [5.74, 6) is -1.32. The van der Waals surface area contributed by atoms with Gasteiger partial charge in [0, 0.05) is 11.6 Å². The Labute approximate surface area is 104 Å². The highest BCUT2D eigenvalue weighted by Gasteiger charge is 2.12. The molecule has 2 rings (SSSR count). The van der Waals surface area contributed by atoms with Gasteiger partial charge in [0.1, 0.15) is 5.69 Å². The minimum Gasteiger partial charge on any atom is -0.475 e. The molecule has 18 heavy (non-hydrogen) atoms. The monoisotopic (exact) mass is 247 g/mol. The summed E-state index contributed by atoms with van der Waals surface area (Å²) in [6.45, 7) is 1.73. The molecule has 1 unspecified atom stereocenters. The van der Waals surface area contributed by atoms with Gasteiger partial charge in [-0.15, -0.1) is 0 Å². The summed E-state index contributed by atoms with van der Waals surface area (Å²) in [7, 11) is 0. The number of aliphatic hydroxyl groups excluding tert-OH is 1. The first-order valence-electron chi connectivity index (χ1n) is 5.53. The molecule has 1 aromatic heterocycles. The second-order valence-corrected chi connectivity index (χ2v) is 4.13. The molecule has 0 fully saturated rings. The summed E-state index contributed by atoms with van der Waals surface area (Å²) in [6, 6.07) is 8.77. The first-order valence-corrected chi connectivity index (χ1v) is 5.53. The molecular weight excluding hydrogens is 234 g/mol. The molecule has 0 aliphatic rings. The third kappa shape index (κ3) is 2.75. The van der Waals surface area contributed by atoms with E-state index in [0.29, 0.717) is 12.1 Å². The highest BCUT2D eigenvalue weighted by molar-refractivity contribution is 5.85. The van der Waals surface area contributed by atoms with Crippen LogP contribution in [-0.2, 0) is 6.42 Å². The lowest BCUT2D eigenvalue weighted by Gasteiger charge is -2.04. The van der Waals surface area contributed by atoms with E-state index in [2.05, 4.69) is 9.68 Å². The Kier molecular flexibility index (Phi) is 3.43. The molecule has 0 aliphatic heterocycles. The van der Waals surface area contributed by atoms with Crippen molar-refractivity contribution in [3.05, 3.63) is 41.7 Å². The fourth-order valence-electron chi connectivity index (χ4n) is 1.66. The third-order valence-electron chi connectivity index (χ3n) is 2.50. The van der Waals surface area contributed by atoms with E-state index in [0.717, 1.165) is 11.1 Å². The van der Waals surface area contributed by atoms with Crippen LogP contribution in [0.15, 0.2) is 34.9 Å². The molecule has 0 aliphatic carbocycles. The number of carbonyl (C=O) groups is 1. The zero-order valence-electron chi connectivity index (χ0n) is 9.83. The van der Waals surface area contributed by atoms with Gasteiger partial charge in [0.15, 0.2) is 0 Å². The van der Waals surface area contributed by atoms with E-state index >= 15 is 0 Å². The van der Waals surface area contributed by atoms with Crippen LogP contribution < -0.4 is 0 Å². The van der Waals surface area contributed by atoms with Gasteiger partial charge < -0.3 is 14.7 Å². The van der Waals surface area contributed by atoms with E-state index in [9.17, 15) is 9.90 Å². The predicted molar refractivity (Wildman–Crippen MR) is 64.3 cm³/mol. The molecular formula is C13H13NO4. The fourth-order valence-corrected chi connectivity index (χ4v) is 1.66. The Morgan fingerprint density at radius 2 is 2.06 bits per heavy atom. The van der Waals surface area contributed by atoms with Gasteiger partial charge in [0.05, 0.1) is 6.10 Å². The third-order valence-corrected chi connectivity index (χ3v) is 2.50. The predicted octanol–water partition coefficient (Wildman–Crippen LogP) is 1.96. The normalized spacial score (nSPS) is 12.3. The summed E-state index contributed by atoms with van der Waals surface area (Å²) < 4.78 is 4.69. The van der Waals surface area contributed by atoms with Gasteiger partial charge in [-0.05, 0) is 18.9 Å². The number of nitrogens with zero attached hydrogens (tertiary/aromatic N) is 1. The smallest absolute Gasteiger partial charge is 0.374 e. The standard InChI is InChI=1S/C13H13NO4/c1-8(15)6-9-2-4-10(5-3-9)11-7-12(13(16)17)18-14-11/h2-5,7-8,15H,6H2,1H3,(H,16,17). The van der Waals surface area contributed by atoms with Crippen molar-refractivity contribution in [2.24, 2.45) is 0 Å². The Bertz CT molecular complexity index is 542. The molecule has 0 radical (unpaired) electrons. The molecule has 94 valence electrons. The zero-order valence-corrected chi connectivity index (χ0v) is 9.83. The second-order valence-electron chi connectivity index (χ2n) is 4.13. The average molecular weight is 247 g/mol. The largest absolute Gasteiger partial charge is 0.475 e. The van der Waals surface area contributed by atoms with E-state index in [1.807, 2.05) is 24.3 Å². The fraction of sp³-hybridized carbons (Fsp3) is 0.231. The van der Waals surface area contributed by atoms with Gasteiger partial charge in [-0.3, -0.25) is 0 Å². The number of aromatic nitrogens is 1. The van der Waals surface area contributed by atoms with Crippen LogP contribution in [0.4, 0.5) is 0 Å².